The molecule has 5 heteroatoms. The van der Waals surface area contributed by atoms with Gasteiger partial charge in [0.1, 0.15) is 5.82 Å². The van der Waals surface area contributed by atoms with Crippen LogP contribution in [0.3, 0.4) is 0 Å². The van der Waals surface area contributed by atoms with E-state index >= 15 is 0 Å². The Labute approximate surface area is 116 Å². The average molecular weight is 323 g/mol. The smallest absolute Gasteiger partial charge is 0.188 e. The van der Waals surface area contributed by atoms with Crippen LogP contribution in [-0.4, -0.2) is 4.98 Å². The fraction of sp³-hybridized carbons (Fsp3) is 0. The Morgan fingerprint density at radius 1 is 1.17 bits per heavy atom. The van der Waals surface area contributed by atoms with Gasteiger partial charge in [0, 0.05) is 4.47 Å². The van der Waals surface area contributed by atoms with E-state index in [4.69, 9.17) is 0 Å². The van der Waals surface area contributed by atoms with Gasteiger partial charge in [-0.15, -0.1) is 0 Å². The Bertz CT molecular complexity index is 711. The van der Waals surface area contributed by atoms with Gasteiger partial charge < -0.3 is 5.32 Å². The number of fused-ring (bicyclic) bond motifs is 1. The van der Waals surface area contributed by atoms with Crippen LogP contribution in [0.15, 0.2) is 46.9 Å². The van der Waals surface area contributed by atoms with Crippen molar-refractivity contribution < 1.29 is 4.39 Å². The van der Waals surface area contributed by atoms with Gasteiger partial charge in [0.15, 0.2) is 5.13 Å². The normalized spacial score (nSPS) is 10.8. The maximum atomic E-state index is 13.5. The highest BCUT2D eigenvalue weighted by Gasteiger charge is 2.06. The molecular formula is C13H8BrFN2S. The molecule has 0 aliphatic carbocycles. The number of nitrogens with one attached hydrogen (secondary N) is 1. The quantitative estimate of drug-likeness (QED) is 0.722. The van der Waals surface area contributed by atoms with Crippen molar-refractivity contribution in [1.82, 2.24) is 4.98 Å². The molecule has 18 heavy (non-hydrogen) atoms. The monoisotopic (exact) mass is 322 g/mol. The summed E-state index contributed by atoms with van der Waals surface area (Å²) in [6.07, 6.45) is 0. The van der Waals surface area contributed by atoms with E-state index < -0.39 is 0 Å². The summed E-state index contributed by atoms with van der Waals surface area (Å²) in [5.41, 5.74) is 1.35. The third kappa shape index (κ3) is 2.23. The van der Waals surface area contributed by atoms with Gasteiger partial charge in [0.05, 0.1) is 15.9 Å². The van der Waals surface area contributed by atoms with Gasteiger partial charge in [-0.25, -0.2) is 9.37 Å². The van der Waals surface area contributed by atoms with Gasteiger partial charge >= 0.3 is 0 Å². The van der Waals surface area contributed by atoms with E-state index in [-0.39, 0.29) is 5.82 Å². The van der Waals surface area contributed by atoms with Gasteiger partial charge in [0.2, 0.25) is 0 Å². The van der Waals surface area contributed by atoms with Crippen molar-refractivity contribution in [1.29, 1.82) is 0 Å². The first kappa shape index (κ1) is 11.6. The average Bonchev–Trinajstić information content (AvgIpc) is 2.73. The summed E-state index contributed by atoms with van der Waals surface area (Å²) in [7, 11) is 0. The van der Waals surface area contributed by atoms with Crippen LogP contribution < -0.4 is 5.32 Å². The van der Waals surface area contributed by atoms with Crippen molar-refractivity contribution in [2.75, 3.05) is 5.32 Å². The summed E-state index contributed by atoms with van der Waals surface area (Å²) in [6.45, 7) is 0. The fourth-order valence-corrected chi connectivity index (χ4v) is 3.06. The molecule has 0 radical (unpaired) electrons. The topological polar surface area (TPSA) is 24.9 Å². The van der Waals surface area contributed by atoms with Crippen LogP contribution in [0.5, 0.6) is 0 Å². The van der Waals surface area contributed by atoms with Crippen molar-refractivity contribution in [3.8, 4) is 0 Å². The third-order valence-electron chi connectivity index (χ3n) is 2.47. The van der Waals surface area contributed by atoms with Gasteiger partial charge in [-0.2, -0.15) is 0 Å². The van der Waals surface area contributed by atoms with Crippen LogP contribution in [0.4, 0.5) is 15.2 Å². The summed E-state index contributed by atoms with van der Waals surface area (Å²) >= 11 is 4.91. The lowest BCUT2D eigenvalue weighted by atomic mass is 10.3. The van der Waals surface area contributed by atoms with Gasteiger partial charge in [-0.05, 0) is 30.3 Å². The Balaban J connectivity index is 1.98. The Kier molecular flexibility index (Phi) is 3.01. The van der Waals surface area contributed by atoms with Gasteiger partial charge in [-0.1, -0.05) is 39.4 Å². The van der Waals surface area contributed by atoms with Crippen LogP contribution in [0.25, 0.3) is 10.2 Å². The second-order valence-electron chi connectivity index (χ2n) is 3.74. The molecule has 0 saturated carbocycles. The summed E-state index contributed by atoms with van der Waals surface area (Å²) < 4.78 is 15.6. The zero-order valence-electron chi connectivity index (χ0n) is 9.15. The molecular weight excluding hydrogens is 315 g/mol. The first-order valence-corrected chi connectivity index (χ1v) is 6.91. The maximum absolute atomic E-state index is 13.5. The van der Waals surface area contributed by atoms with Crippen molar-refractivity contribution in [2.45, 2.75) is 0 Å². The highest BCUT2D eigenvalue weighted by Crippen LogP contribution is 2.30. The molecule has 0 bridgehead atoms. The minimum absolute atomic E-state index is 0.280. The lowest BCUT2D eigenvalue weighted by Crippen LogP contribution is -1.91. The molecule has 0 amide bonds. The number of anilines is 2. The van der Waals surface area contributed by atoms with Gasteiger partial charge in [-0.3, -0.25) is 0 Å². The Morgan fingerprint density at radius 2 is 2.00 bits per heavy atom. The first-order valence-electron chi connectivity index (χ1n) is 5.30. The molecule has 0 fully saturated rings. The van der Waals surface area contributed by atoms with Gasteiger partial charge in [0.25, 0.3) is 0 Å². The molecule has 1 N–H and O–H groups in total. The molecule has 0 unspecified atom stereocenters. The number of benzene rings is 2. The van der Waals surface area contributed by atoms with Crippen molar-refractivity contribution in [3.05, 3.63) is 52.8 Å². The summed E-state index contributed by atoms with van der Waals surface area (Å²) in [5, 5.41) is 3.69. The minimum atomic E-state index is -0.280. The number of nitrogens with zero attached hydrogens (tertiary/aromatic N) is 1. The van der Waals surface area contributed by atoms with E-state index in [1.54, 1.807) is 18.2 Å². The predicted octanol–water partition coefficient (Wildman–Crippen LogP) is 4.94. The maximum Gasteiger partial charge on any atom is 0.188 e. The molecule has 90 valence electrons. The molecule has 2 nitrogen and oxygen atoms in total. The number of hydrogen-bond acceptors (Lipinski definition) is 3. The molecule has 2 aromatic carbocycles. The zero-order valence-corrected chi connectivity index (χ0v) is 11.6. The number of para-hydroxylation sites is 1. The molecule has 1 heterocycles. The van der Waals surface area contributed by atoms with Crippen LogP contribution in [0, 0.1) is 5.82 Å². The van der Waals surface area contributed by atoms with Crippen molar-refractivity contribution in [3.63, 3.8) is 0 Å². The number of aromatic nitrogens is 1. The van der Waals surface area contributed by atoms with Crippen LogP contribution in [0.1, 0.15) is 0 Å². The molecule has 1 aromatic heterocycles. The Morgan fingerprint density at radius 3 is 2.83 bits per heavy atom. The highest BCUT2D eigenvalue weighted by molar-refractivity contribution is 9.10. The predicted molar refractivity (Wildman–Crippen MR) is 77.0 cm³/mol. The first-order chi connectivity index (χ1) is 8.72. The summed E-state index contributed by atoms with van der Waals surface area (Å²) in [4.78, 5) is 4.41. The standard InChI is InChI=1S/C13H8BrFN2S/c14-8-5-6-11-12(7-8)18-13(17-11)16-10-4-2-1-3-9(10)15/h1-7H,(H,16,17). The van der Waals surface area contributed by atoms with E-state index in [2.05, 4.69) is 26.2 Å². The summed E-state index contributed by atoms with van der Waals surface area (Å²) in [5.74, 6) is -0.280. The molecule has 0 aliphatic rings. The number of halogens is 2. The fourth-order valence-electron chi connectivity index (χ4n) is 1.63. The van der Waals surface area contributed by atoms with Crippen molar-refractivity contribution >= 4 is 48.3 Å². The molecule has 0 aliphatic heterocycles. The van der Waals surface area contributed by atoms with E-state index in [1.807, 2.05) is 18.2 Å². The second-order valence-corrected chi connectivity index (χ2v) is 5.68. The van der Waals surface area contributed by atoms with Crippen LogP contribution in [0.2, 0.25) is 0 Å². The molecule has 3 rings (SSSR count). The number of thiazole rings is 1. The molecule has 0 saturated heterocycles. The number of hydrogen-bond donors (Lipinski definition) is 1. The SMILES string of the molecule is Fc1ccccc1Nc1nc2ccc(Br)cc2s1. The summed E-state index contributed by atoms with van der Waals surface area (Å²) in [6, 6.07) is 12.4. The third-order valence-corrected chi connectivity index (χ3v) is 3.89. The van der Waals surface area contributed by atoms with E-state index in [0.717, 1.165) is 14.7 Å². The highest BCUT2D eigenvalue weighted by atomic mass is 79.9. The van der Waals surface area contributed by atoms with E-state index in [1.165, 1.54) is 17.4 Å². The molecule has 0 atom stereocenters. The largest absolute Gasteiger partial charge is 0.329 e. The lowest BCUT2D eigenvalue weighted by Gasteiger charge is -2.02. The van der Waals surface area contributed by atoms with Crippen molar-refractivity contribution in [2.24, 2.45) is 0 Å². The zero-order chi connectivity index (χ0) is 12.5. The Hall–Kier alpha value is -1.46. The van der Waals surface area contributed by atoms with E-state index in [0.29, 0.717) is 10.8 Å². The van der Waals surface area contributed by atoms with E-state index in [9.17, 15) is 4.39 Å². The second kappa shape index (κ2) is 4.66. The molecule has 0 spiro atoms. The van der Waals surface area contributed by atoms with Crippen LogP contribution in [-0.2, 0) is 0 Å². The number of rotatable bonds is 2. The molecule has 3 aromatic rings. The lowest BCUT2D eigenvalue weighted by molar-refractivity contribution is 0.632. The minimum Gasteiger partial charge on any atom is -0.329 e. The van der Waals surface area contributed by atoms with Crippen LogP contribution >= 0.6 is 27.3 Å².